The van der Waals surface area contributed by atoms with Gasteiger partial charge in [-0.1, -0.05) is 23.7 Å². The molecule has 1 heterocycles. The lowest BCUT2D eigenvalue weighted by Gasteiger charge is -2.42. The summed E-state index contributed by atoms with van der Waals surface area (Å²) in [4.78, 5) is 13.8. The van der Waals surface area contributed by atoms with Crippen LogP contribution in [0.15, 0.2) is 24.3 Å². The van der Waals surface area contributed by atoms with Crippen LogP contribution in [0.1, 0.15) is 38.2 Å². The maximum atomic E-state index is 11.9. The zero-order valence-corrected chi connectivity index (χ0v) is 13.7. The van der Waals surface area contributed by atoms with Gasteiger partial charge in [0.05, 0.1) is 6.04 Å². The molecule has 0 bridgehead atoms. The molecule has 0 aromatic heterocycles. The minimum atomic E-state index is -0.166. The molecule has 1 saturated heterocycles. The molecule has 1 aromatic rings. The van der Waals surface area contributed by atoms with Gasteiger partial charge in [0.15, 0.2) is 0 Å². The molecular formula is C17H23ClN2O2. The quantitative estimate of drug-likeness (QED) is 0.928. The summed E-state index contributed by atoms with van der Waals surface area (Å²) in [6.07, 6.45) is 3.71. The Bertz CT molecular complexity index is 555. The van der Waals surface area contributed by atoms with Gasteiger partial charge < -0.3 is 10.5 Å². The van der Waals surface area contributed by atoms with E-state index < -0.39 is 0 Å². The number of carbonyl (C=O) groups excluding carboxylic acids is 1. The third-order valence-corrected chi connectivity index (χ3v) is 5.50. The van der Waals surface area contributed by atoms with Crippen molar-refractivity contribution < 1.29 is 9.53 Å². The van der Waals surface area contributed by atoms with Crippen molar-refractivity contribution in [2.24, 2.45) is 5.73 Å². The van der Waals surface area contributed by atoms with Crippen LogP contribution in [0.3, 0.4) is 0 Å². The van der Waals surface area contributed by atoms with Gasteiger partial charge in [-0.05, 0) is 50.3 Å². The van der Waals surface area contributed by atoms with E-state index in [4.69, 9.17) is 22.1 Å². The minimum Gasteiger partial charge on any atom is -0.447 e. The largest absolute Gasteiger partial charge is 0.447 e. The van der Waals surface area contributed by atoms with E-state index in [2.05, 4.69) is 6.07 Å². The molecule has 1 aliphatic heterocycles. The molecule has 2 aliphatic rings. The first-order valence-electron chi connectivity index (χ1n) is 7.97. The second kappa shape index (κ2) is 6.09. The van der Waals surface area contributed by atoms with Crippen LogP contribution in [-0.4, -0.2) is 36.2 Å². The third-order valence-electron chi connectivity index (χ3n) is 5.27. The highest BCUT2D eigenvalue weighted by Gasteiger charge is 2.42. The van der Waals surface area contributed by atoms with Crippen LogP contribution in [-0.2, 0) is 10.2 Å². The van der Waals surface area contributed by atoms with E-state index in [1.54, 1.807) is 0 Å². The van der Waals surface area contributed by atoms with E-state index in [0.29, 0.717) is 13.2 Å². The number of benzene rings is 1. The number of nitrogens with two attached hydrogens (primary N) is 1. The van der Waals surface area contributed by atoms with Crippen molar-refractivity contribution in [3.8, 4) is 0 Å². The first kappa shape index (κ1) is 15.6. The summed E-state index contributed by atoms with van der Waals surface area (Å²) in [5, 5.41) is 0.754. The lowest BCUT2D eigenvalue weighted by atomic mass is 9.68. The molecular weight excluding hydrogens is 300 g/mol. The van der Waals surface area contributed by atoms with E-state index in [1.165, 1.54) is 5.56 Å². The van der Waals surface area contributed by atoms with Gasteiger partial charge in [-0.3, -0.25) is 4.90 Å². The van der Waals surface area contributed by atoms with E-state index in [-0.39, 0.29) is 23.6 Å². The summed E-state index contributed by atoms with van der Waals surface area (Å²) in [5.41, 5.74) is 7.33. The van der Waals surface area contributed by atoms with Gasteiger partial charge in [0.2, 0.25) is 0 Å². The van der Waals surface area contributed by atoms with E-state index in [0.717, 1.165) is 30.7 Å². The Balaban J connectivity index is 1.75. The Morgan fingerprint density at radius 2 is 2.14 bits per heavy atom. The smallest absolute Gasteiger partial charge is 0.410 e. The minimum absolute atomic E-state index is 0.0196. The molecule has 1 aliphatic carbocycles. The maximum Gasteiger partial charge on any atom is 0.410 e. The Hall–Kier alpha value is -1.26. The molecule has 1 amide bonds. The van der Waals surface area contributed by atoms with Crippen molar-refractivity contribution in [2.75, 3.05) is 13.2 Å². The summed E-state index contributed by atoms with van der Waals surface area (Å²) in [5.74, 6) is 0. The fraction of sp³-hybridized carbons (Fsp3) is 0.588. The summed E-state index contributed by atoms with van der Waals surface area (Å²) in [6.45, 7) is 3.17. The molecule has 5 heteroatoms. The number of rotatable bonds is 3. The predicted octanol–water partition coefficient (Wildman–Crippen LogP) is 3.32. The summed E-state index contributed by atoms with van der Waals surface area (Å²) in [7, 11) is 0. The predicted molar refractivity (Wildman–Crippen MR) is 87.1 cm³/mol. The van der Waals surface area contributed by atoms with Crippen LogP contribution in [0.4, 0.5) is 4.79 Å². The molecule has 2 N–H and O–H groups in total. The van der Waals surface area contributed by atoms with Crippen LogP contribution in [0.2, 0.25) is 5.02 Å². The number of hydrogen-bond acceptors (Lipinski definition) is 3. The highest BCUT2D eigenvalue weighted by Crippen LogP contribution is 2.41. The van der Waals surface area contributed by atoms with Gasteiger partial charge in [-0.2, -0.15) is 0 Å². The fourth-order valence-corrected chi connectivity index (χ4v) is 4.09. The van der Waals surface area contributed by atoms with Gasteiger partial charge in [-0.25, -0.2) is 4.79 Å². The standard InChI is InChI=1S/C17H23ClN2O2/c1-12-10-22-16(21)20(12)15-5-7-17(11-19,8-6-15)13-3-2-4-14(18)9-13/h2-4,9,12,15H,5-8,10-11,19H2,1H3/t12-,15-,17-/m1/s1. The summed E-state index contributed by atoms with van der Waals surface area (Å²) in [6, 6.07) is 8.47. The average molecular weight is 323 g/mol. The highest BCUT2D eigenvalue weighted by molar-refractivity contribution is 6.30. The number of amides is 1. The van der Waals surface area contributed by atoms with Crippen LogP contribution < -0.4 is 5.73 Å². The van der Waals surface area contributed by atoms with Crippen molar-refractivity contribution in [2.45, 2.75) is 50.1 Å². The van der Waals surface area contributed by atoms with Gasteiger partial charge in [-0.15, -0.1) is 0 Å². The van der Waals surface area contributed by atoms with Crippen LogP contribution in [0.25, 0.3) is 0 Å². The fourth-order valence-electron chi connectivity index (χ4n) is 3.90. The second-order valence-electron chi connectivity index (χ2n) is 6.56. The zero-order chi connectivity index (χ0) is 15.7. The van der Waals surface area contributed by atoms with Crippen molar-refractivity contribution >= 4 is 17.7 Å². The number of hydrogen-bond donors (Lipinski definition) is 1. The zero-order valence-electron chi connectivity index (χ0n) is 12.9. The maximum absolute atomic E-state index is 11.9. The molecule has 2 fully saturated rings. The van der Waals surface area contributed by atoms with Gasteiger partial charge >= 0.3 is 6.09 Å². The van der Waals surface area contributed by atoms with E-state index in [1.807, 2.05) is 30.0 Å². The van der Waals surface area contributed by atoms with Gasteiger partial charge in [0.25, 0.3) is 0 Å². The highest BCUT2D eigenvalue weighted by atomic mass is 35.5. The first-order chi connectivity index (χ1) is 10.6. The Labute approximate surface area is 136 Å². The molecule has 0 unspecified atom stereocenters. The number of nitrogens with zero attached hydrogens (tertiary/aromatic N) is 1. The van der Waals surface area contributed by atoms with Crippen molar-refractivity contribution in [1.82, 2.24) is 4.90 Å². The molecule has 120 valence electrons. The number of cyclic esters (lactones) is 1. The van der Waals surface area contributed by atoms with E-state index in [9.17, 15) is 4.79 Å². The first-order valence-corrected chi connectivity index (χ1v) is 8.35. The monoisotopic (exact) mass is 322 g/mol. The molecule has 1 aromatic carbocycles. The molecule has 0 radical (unpaired) electrons. The van der Waals surface area contributed by atoms with Crippen molar-refractivity contribution in [1.29, 1.82) is 0 Å². The van der Waals surface area contributed by atoms with Crippen molar-refractivity contribution in [3.63, 3.8) is 0 Å². The van der Waals surface area contributed by atoms with Gasteiger partial charge in [0.1, 0.15) is 6.61 Å². The lowest BCUT2D eigenvalue weighted by Crippen LogP contribution is -2.47. The Morgan fingerprint density at radius 3 is 2.68 bits per heavy atom. The van der Waals surface area contributed by atoms with Crippen LogP contribution in [0.5, 0.6) is 0 Å². The number of ether oxygens (including phenoxy) is 1. The lowest BCUT2D eigenvalue weighted by molar-refractivity contribution is 0.119. The Kier molecular flexibility index (Phi) is 4.33. The second-order valence-corrected chi connectivity index (χ2v) is 7.00. The Morgan fingerprint density at radius 1 is 1.41 bits per heavy atom. The molecule has 22 heavy (non-hydrogen) atoms. The van der Waals surface area contributed by atoms with Crippen molar-refractivity contribution in [3.05, 3.63) is 34.9 Å². The normalized spacial score (nSPS) is 32.1. The van der Waals surface area contributed by atoms with E-state index >= 15 is 0 Å². The molecule has 1 atom stereocenters. The molecule has 0 spiro atoms. The van der Waals surface area contributed by atoms with Crippen LogP contribution >= 0.6 is 11.6 Å². The topological polar surface area (TPSA) is 55.6 Å². The third kappa shape index (κ3) is 2.70. The van der Waals surface area contributed by atoms with Gasteiger partial charge in [0, 0.05) is 23.0 Å². The molecule has 1 saturated carbocycles. The number of halogens is 1. The molecule has 4 nitrogen and oxygen atoms in total. The molecule has 3 rings (SSSR count). The average Bonchev–Trinajstić information content (AvgIpc) is 2.86. The van der Waals surface area contributed by atoms with Crippen LogP contribution in [0, 0.1) is 0 Å². The number of carbonyl (C=O) groups is 1. The SMILES string of the molecule is C[C@@H]1COC(=O)N1[C@H]1CC[C@](CN)(c2cccc(Cl)c2)CC1. The summed E-state index contributed by atoms with van der Waals surface area (Å²) < 4.78 is 5.15. The summed E-state index contributed by atoms with van der Waals surface area (Å²) >= 11 is 6.14.